The molecule has 0 saturated carbocycles. The molecule has 4 heterocycles. The van der Waals surface area contributed by atoms with Crippen LogP contribution in [-0.4, -0.2) is 14.4 Å². The van der Waals surface area contributed by atoms with Crippen LogP contribution in [0.25, 0.3) is 72.0 Å². The third-order valence-corrected chi connectivity index (χ3v) is 9.29. The molecule has 0 atom stereocenters. The molecule has 0 saturated heterocycles. The molecule has 50 heavy (non-hydrogen) atoms. The van der Waals surface area contributed by atoms with E-state index in [2.05, 4.69) is 69.5 Å². The van der Waals surface area contributed by atoms with E-state index in [-0.39, 0.29) is 5.69 Å². The molecule has 0 amide bonds. The maximum absolute atomic E-state index is 13.1. The minimum atomic E-state index is -0.374. The topological polar surface area (TPSA) is 76.8 Å². The van der Waals surface area contributed by atoms with Crippen LogP contribution in [0.2, 0.25) is 0 Å². The second kappa shape index (κ2) is 11.0. The molecule has 0 unspecified atom stereocenters. The van der Waals surface area contributed by atoms with Crippen LogP contribution in [0.15, 0.2) is 171 Å². The van der Waals surface area contributed by atoms with Crippen LogP contribution in [0.4, 0.5) is 17.1 Å². The summed E-state index contributed by atoms with van der Waals surface area (Å²) < 4.78 is 14.0. The van der Waals surface area contributed by atoms with Crippen LogP contribution in [-0.2, 0) is 0 Å². The molecule has 0 spiro atoms. The van der Waals surface area contributed by atoms with Crippen molar-refractivity contribution in [3.8, 4) is 22.5 Å². The number of furan rings is 2. The summed E-state index contributed by atoms with van der Waals surface area (Å²) in [6, 6.07) is 50.5. The van der Waals surface area contributed by atoms with Crippen LogP contribution in [0.3, 0.4) is 0 Å². The van der Waals surface area contributed by atoms with Gasteiger partial charge in [-0.2, -0.15) is 4.98 Å². The summed E-state index contributed by atoms with van der Waals surface area (Å²) in [5.41, 5.74) is 9.10. The molecule has 0 aliphatic carbocycles. The molecule has 0 aliphatic heterocycles. The number of benzene rings is 6. The normalized spacial score (nSPS) is 11.7. The SMILES string of the molecule is O=c1nc(-c2ccccc2)nc2ccc(-c3ccc(N(c4ccc5oc6ccccc6c5c4)c4cccc5oc6ccccc6c45)cc3)cn12. The van der Waals surface area contributed by atoms with Gasteiger partial charge in [-0.25, -0.2) is 9.78 Å². The van der Waals surface area contributed by atoms with Crippen LogP contribution in [0.5, 0.6) is 0 Å². The Balaban J connectivity index is 1.11. The number of pyridine rings is 1. The van der Waals surface area contributed by atoms with E-state index in [1.807, 2.05) is 97.1 Å². The molecule has 10 rings (SSSR count). The zero-order valence-electron chi connectivity index (χ0n) is 26.5. The van der Waals surface area contributed by atoms with Gasteiger partial charge >= 0.3 is 5.69 Å². The summed E-state index contributed by atoms with van der Waals surface area (Å²) in [6.07, 6.45) is 1.80. The molecule has 6 aromatic carbocycles. The van der Waals surface area contributed by atoms with E-state index < -0.39 is 0 Å². The maximum Gasteiger partial charge on any atom is 0.355 e. The molecule has 7 nitrogen and oxygen atoms in total. The highest BCUT2D eigenvalue weighted by Gasteiger charge is 2.21. The van der Waals surface area contributed by atoms with Gasteiger partial charge in [0, 0.05) is 39.3 Å². The minimum absolute atomic E-state index is 0.374. The van der Waals surface area contributed by atoms with Gasteiger partial charge in [0.05, 0.1) is 11.1 Å². The van der Waals surface area contributed by atoms with Crippen LogP contribution >= 0.6 is 0 Å². The standard InChI is InChI=1S/C43H26N4O3/c48-43-45-42(28-9-2-1-3-10-28)44-40-24-19-29(26-46(40)43)27-17-20-30(21-18-27)47(31-22-23-38-34(25-31)32-11-4-6-14-36(32)49-38)35-13-8-16-39-41(35)33-12-5-7-15-37(33)50-39/h1-26H. The predicted octanol–water partition coefficient (Wildman–Crippen LogP) is 10.7. The summed E-state index contributed by atoms with van der Waals surface area (Å²) in [5, 5.41) is 4.20. The van der Waals surface area contributed by atoms with Gasteiger partial charge in [0.2, 0.25) is 0 Å². The molecule has 0 N–H and O–H groups in total. The van der Waals surface area contributed by atoms with Gasteiger partial charge in [0.15, 0.2) is 5.82 Å². The first-order valence-electron chi connectivity index (χ1n) is 16.4. The molecule has 0 bridgehead atoms. The lowest BCUT2D eigenvalue weighted by atomic mass is 10.0. The van der Waals surface area contributed by atoms with Crippen molar-refractivity contribution in [1.82, 2.24) is 14.4 Å². The Hall–Kier alpha value is -6.99. The maximum atomic E-state index is 13.1. The van der Waals surface area contributed by atoms with Crippen molar-refractivity contribution in [1.29, 1.82) is 0 Å². The number of rotatable bonds is 5. The van der Waals surface area contributed by atoms with Gasteiger partial charge in [-0.1, -0.05) is 84.9 Å². The van der Waals surface area contributed by atoms with E-state index >= 15 is 0 Å². The smallest absolute Gasteiger partial charge is 0.355 e. The summed E-state index contributed by atoms with van der Waals surface area (Å²) >= 11 is 0. The van der Waals surface area contributed by atoms with Crippen molar-refractivity contribution < 1.29 is 8.83 Å². The fraction of sp³-hybridized carbons (Fsp3) is 0. The Kier molecular flexibility index (Phi) is 6.19. The first-order chi connectivity index (χ1) is 24.7. The molecule has 236 valence electrons. The van der Waals surface area contributed by atoms with E-state index in [0.717, 1.165) is 77.6 Å². The highest BCUT2D eigenvalue weighted by molar-refractivity contribution is 6.14. The second-order valence-corrected chi connectivity index (χ2v) is 12.3. The average Bonchev–Trinajstić information content (AvgIpc) is 3.74. The molecule has 0 aliphatic rings. The van der Waals surface area contributed by atoms with Gasteiger partial charge in [-0.05, 0) is 77.9 Å². The van der Waals surface area contributed by atoms with E-state index in [9.17, 15) is 4.79 Å². The summed E-state index contributed by atoms with van der Waals surface area (Å²) in [6.45, 7) is 0. The van der Waals surface area contributed by atoms with Crippen molar-refractivity contribution in [3.63, 3.8) is 0 Å². The predicted molar refractivity (Wildman–Crippen MR) is 199 cm³/mol. The Morgan fingerprint density at radius 1 is 0.500 bits per heavy atom. The second-order valence-electron chi connectivity index (χ2n) is 12.3. The van der Waals surface area contributed by atoms with E-state index in [0.29, 0.717) is 11.5 Å². The van der Waals surface area contributed by atoms with Crippen LogP contribution < -0.4 is 10.6 Å². The van der Waals surface area contributed by atoms with Crippen molar-refractivity contribution in [2.24, 2.45) is 0 Å². The Morgan fingerprint density at radius 2 is 1.16 bits per heavy atom. The third kappa shape index (κ3) is 4.48. The van der Waals surface area contributed by atoms with Crippen molar-refractivity contribution >= 4 is 66.6 Å². The number of anilines is 3. The van der Waals surface area contributed by atoms with E-state index in [1.165, 1.54) is 4.40 Å². The summed E-state index contributed by atoms with van der Waals surface area (Å²) in [4.78, 5) is 24.3. The lowest BCUT2D eigenvalue weighted by Gasteiger charge is -2.26. The largest absolute Gasteiger partial charge is 0.456 e. The summed E-state index contributed by atoms with van der Waals surface area (Å²) in [5.74, 6) is 0.412. The molecule has 0 radical (unpaired) electrons. The Labute approximate surface area is 284 Å². The van der Waals surface area contributed by atoms with Crippen molar-refractivity contribution in [2.45, 2.75) is 0 Å². The number of aromatic nitrogens is 3. The number of para-hydroxylation sites is 2. The Morgan fingerprint density at radius 3 is 2.00 bits per heavy atom. The van der Waals surface area contributed by atoms with E-state index in [4.69, 9.17) is 8.83 Å². The molecular weight excluding hydrogens is 620 g/mol. The molecule has 4 aromatic heterocycles. The van der Waals surface area contributed by atoms with E-state index in [1.54, 1.807) is 6.20 Å². The molecule has 10 aromatic rings. The number of hydrogen-bond acceptors (Lipinski definition) is 6. The van der Waals surface area contributed by atoms with Crippen LogP contribution in [0.1, 0.15) is 0 Å². The summed E-state index contributed by atoms with van der Waals surface area (Å²) in [7, 11) is 0. The highest BCUT2D eigenvalue weighted by atomic mass is 16.3. The van der Waals surface area contributed by atoms with Crippen molar-refractivity contribution in [2.75, 3.05) is 4.90 Å². The van der Waals surface area contributed by atoms with Gasteiger partial charge < -0.3 is 13.7 Å². The third-order valence-electron chi connectivity index (χ3n) is 9.29. The van der Waals surface area contributed by atoms with Crippen molar-refractivity contribution in [3.05, 3.63) is 168 Å². The molecule has 7 heteroatoms. The van der Waals surface area contributed by atoms with Crippen LogP contribution in [0, 0.1) is 0 Å². The molecular formula is C43H26N4O3. The Bertz CT molecular complexity index is 2960. The average molecular weight is 647 g/mol. The number of fused-ring (bicyclic) bond motifs is 7. The lowest BCUT2D eigenvalue weighted by molar-refractivity contribution is 0.668. The van der Waals surface area contributed by atoms with Gasteiger partial charge in [-0.3, -0.25) is 4.40 Å². The highest BCUT2D eigenvalue weighted by Crippen LogP contribution is 2.44. The number of nitrogens with zero attached hydrogens (tertiary/aromatic N) is 4. The first kappa shape index (κ1) is 28.1. The lowest BCUT2D eigenvalue weighted by Crippen LogP contribution is -2.19. The quantitative estimate of drug-likeness (QED) is 0.185. The number of hydrogen-bond donors (Lipinski definition) is 0. The monoisotopic (exact) mass is 646 g/mol. The zero-order chi connectivity index (χ0) is 33.2. The fourth-order valence-corrected chi connectivity index (χ4v) is 6.93. The molecule has 0 fully saturated rings. The van der Waals surface area contributed by atoms with Gasteiger partial charge in [0.25, 0.3) is 0 Å². The first-order valence-corrected chi connectivity index (χ1v) is 16.4. The van der Waals surface area contributed by atoms with Gasteiger partial charge in [0.1, 0.15) is 28.0 Å². The fourth-order valence-electron chi connectivity index (χ4n) is 6.93. The zero-order valence-corrected chi connectivity index (χ0v) is 26.5. The minimum Gasteiger partial charge on any atom is -0.456 e. The van der Waals surface area contributed by atoms with Gasteiger partial charge in [-0.15, -0.1) is 0 Å².